The van der Waals surface area contributed by atoms with E-state index in [1.807, 2.05) is 0 Å². The third kappa shape index (κ3) is 3.54. The average Bonchev–Trinajstić information content (AvgIpc) is 3.15. The lowest BCUT2D eigenvalue weighted by molar-refractivity contribution is -0.123. The number of halogens is 1. The van der Waals surface area contributed by atoms with Crippen molar-refractivity contribution >= 4 is 16.8 Å². The van der Waals surface area contributed by atoms with Crippen molar-refractivity contribution in [2.24, 2.45) is 0 Å². The number of rotatable bonds is 6. The molecule has 0 aliphatic heterocycles. The number of H-pyrrole nitrogens is 1. The molecule has 3 aromatic rings. The van der Waals surface area contributed by atoms with Crippen molar-refractivity contribution in [1.82, 2.24) is 15.5 Å². The van der Waals surface area contributed by atoms with Crippen molar-refractivity contribution in [3.63, 3.8) is 0 Å². The predicted octanol–water partition coefficient (Wildman–Crippen LogP) is 1.79. The van der Waals surface area contributed by atoms with Crippen LogP contribution >= 0.6 is 0 Å². The van der Waals surface area contributed by atoms with Crippen LogP contribution in [-0.2, 0) is 17.9 Å². The van der Waals surface area contributed by atoms with Gasteiger partial charge in [0.2, 0.25) is 5.91 Å². The minimum absolute atomic E-state index is 0.0728. The molecule has 0 saturated carbocycles. The molecule has 3 rings (SSSR count). The highest BCUT2D eigenvalue weighted by Crippen LogP contribution is 2.26. The van der Waals surface area contributed by atoms with Crippen molar-refractivity contribution in [1.29, 1.82) is 0 Å². The predicted molar refractivity (Wildman–Crippen MR) is 82.8 cm³/mol. The second-order valence-corrected chi connectivity index (χ2v) is 5.32. The highest BCUT2D eigenvalue weighted by atomic mass is 19.1. The van der Waals surface area contributed by atoms with E-state index in [1.165, 1.54) is 6.07 Å². The lowest BCUT2D eigenvalue weighted by Crippen LogP contribution is -2.25. The van der Waals surface area contributed by atoms with Gasteiger partial charge in [0, 0.05) is 28.7 Å². The molecule has 0 radical (unpaired) electrons. The molecule has 0 atom stereocenters. The van der Waals surface area contributed by atoms with Gasteiger partial charge in [0.05, 0.1) is 12.2 Å². The van der Waals surface area contributed by atoms with Gasteiger partial charge in [0.1, 0.15) is 13.2 Å². The van der Waals surface area contributed by atoms with Gasteiger partial charge in [-0.25, -0.2) is 4.39 Å². The molecule has 7 nitrogen and oxygen atoms in total. The summed E-state index contributed by atoms with van der Waals surface area (Å²) in [6.07, 6.45) is 0. The Morgan fingerprint density at radius 1 is 1.42 bits per heavy atom. The van der Waals surface area contributed by atoms with Crippen molar-refractivity contribution in [2.75, 3.05) is 6.61 Å². The maximum absolute atomic E-state index is 14.1. The number of aromatic nitrogens is 2. The zero-order valence-electron chi connectivity index (χ0n) is 12.9. The molecular formula is C16H16FN3O4. The second kappa shape index (κ2) is 6.71. The molecule has 3 N–H and O–H groups in total. The number of benzene rings is 1. The summed E-state index contributed by atoms with van der Waals surface area (Å²) < 4.78 is 24.6. The van der Waals surface area contributed by atoms with Gasteiger partial charge in [-0.1, -0.05) is 5.16 Å². The smallest absolute Gasteiger partial charge is 0.246 e. The summed E-state index contributed by atoms with van der Waals surface area (Å²) in [5, 5.41) is 15.6. The van der Waals surface area contributed by atoms with E-state index >= 15 is 0 Å². The number of ether oxygens (including phenoxy) is 1. The highest BCUT2D eigenvalue weighted by Gasteiger charge is 2.11. The average molecular weight is 333 g/mol. The van der Waals surface area contributed by atoms with E-state index in [2.05, 4.69) is 15.5 Å². The van der Waals surface area contributed by atoms with Gasteiger partial charge in [0.15, 0.2) is 17.3 Å². The minimum atomic E-state index is -0.575. The number of amides is 1. The van der Waals surface area contributed by atoms with Crippen LogP contribution in [0.15, 0.2) is 28.8 Å². The van der Waals surface area contributed by atoms with Crippen LogP contribution in [0, 0.1) is 12.7 Å². The second-order valence-electron chi connectivity index (χ2n) is 5.32. The van der Waals surface area contributed by atoms with Crippen molar-refractivity contribution in [2.45, 2.75) is 20.1 Å². The van der Waals surface area contributed by atoms with Crippen LogP contribution in [0.25, 0.3) is 10.9 Å². The van der Waals surface area contributed by atoms with Crippen LogP contribution in [0.4, 0.5) is 4.39 Å². The molecule has 2 aromatic heterocycles. The van der Waals surface area contributed by atoms with Gasteiger partial charge in [-0.15, -0.1) is 0 Å². The van der Waals surface area contributed by atoms with E-state index in [0.29, 0.717) is 22.4 Å². The number of aromatic amines is 1. The molecule has 0 unspecified atom stereocenters. The first-order valence-electron chi connectivity index (χ1n) is 7.29. The van der Waals surface area contributed by atoms with Crippen LogP contribution in [0.5, 0.6) is 5.75 Å². The van der Waals surface area contributed by atoms with E-state index in [4.69, 9.17) is 14.4 Å². The number of carbonyl (C=O) groups excluding carboxylic acids is 1. The zero-order chi connectivity index (χ0) is 17.1. The summed E-state index contributed by atoms with van der Waals surface area (Å²) in [5.41, 5.74) is 2.09. The fourth-order valence-corrected chi connectivity index (χ4v) is 2.28. The Kier molecular flexibility index (Phi) is 4.48. The molecule has 1 aromatic carbocycles. The third-order valence-electron chi connectivity index (χ3n) is 3.40. The largest absolute Gasteiger partial charge is 0.482 e. The summed E-state index contributed by atoms with van der Waals surface area (Å²) >= 11 is 0. The fourth-order valence-electron chi connectivity index (χ4n) is 2.28. The molecule has 8 heteroatoms. The Bertz CT molecular complexity index is 871. The van der Waals surface area contributed by atoms with Gasteiger partial charge < -0.3 is 24.7 Å². The Hall–Kier alpha value is -2.87. The standard InChI is InChI=1S/C16H16FN3O4/c1-9-2-12(24-20-9)8-23-15-5-14-10(4-13(15)17)3-11(19-14)6-18-16(22)7-21/h2-5,19,21H,6-8H2,1H3,(H,18,22). The number of aliphatic hydroxyl groups is 1. The van der Waals surface area contributed by atoms with E-state index in [9.17, 15) is 9.18 Å². The number of aryl methyl sites for hydroxylation is 1. The number of hydrogen-bond acceptors (Lipinski definition) is 5. The summed E-state index contributed by atoms with van der Waals surface area (Å²) in [5.74, 6) is -0.384. The molecule has 24 heavy (non-hydrogen) atoms. The van der Waals surface area contributed by atoms with E-state index in [-0.39, 0.29) is 18.9 Å². The molecule has 0 bridgehead atoms. The first-order valence-corrected chi connectivity index (χ1v) is 7.29. The van der Waals surface area contributed by atoms with Gasteiger partial charge >= 0.3 is 0 Å². The summed E-state index contributed by atoms with van der Waals surface area (Å²) in [6.45, 7) is 1.50. The number of aliphatic hydroxyl groups excluding tert-OH is 1. The number of nitrogens with zero attached hydrogens (tertiary/aromatic N) is 1. The maximum Gasteiger partial charge on any atom is 0.246 e. The Morgan fingerprint density at radius 3 is 2.96 bits per heavy atom. The van der Waals surface area contributed by atoms with Crippen molar-refractivity contribution < 1.29 is 23.6 Å². The fraction of sp³-hybridized carbons (Fsp3) is 0.250. The number of fused-ring (bicyclic) bond motifs is 1. The molecule has 126 valence electrons. The lowest BCUT2D eigenvalue weighted by Gasteiger charge is -2.05. The van der Waals surface area contributed by atoms with Crippen molar-refractivity contribution in [3.8, 4) is 5.75 Å². The molecule has 2 heterocycles. The Balaban J connectivity index is 1.74. The summed E-state index contributed by atoms with van der Waals surface area (Å²) in [6, 6.07) is 6.34. The first-order chi connectivity index (χ1) is 11.5. The highest BCUT2D eigenvalue weighted by molar-refractivity contribution is 5.82. The van der Waals surface area contributed by atoms with E-state index in [0.717, 1.165) is 5.69 Å². The molecule has 0 aliphatic rings. The molecule has 0 saturated heterocycles. The first kappa shape index (κ1) is 16.0. The van der Waals surface area contributed by atoms with Crippen LogP contribution < -0.4 is 10.1 Å². The number of hydrogen-bond donors (Lipinski definition) is 3. The SMILES string of the molecule is Cc1cc(COc2cc3[nH]c(CNC(=O)CO)cc3cc2F)on1. The molecule has 1 amide bonds. The topological polar surface area (TPSA) is 100 Å². The maximum atomic E-state index is 14.1. The molecule has 0 fully saturated rings. The quantitative estimate of drug-likeness (QED) is 0.638. The molecular weight excluding hydrogens is 317 g/mol. The Labute approximate surface area is 136 Å². The van der Waals surface area contributed by atoms with Crippen LogP contribution in [-0.4, -0.2) is 27.8 Å². The van der Waals surface area contributed by atoms with Gasteiger partial charge in [-0.2, -0.15) is 0 Å². The lowest BCUT2D eigenvalue weighted by atomic mass is 10.2. The minimum Gasteiger partial charge on any atom is -0.482 e. The normalized spacial score (nSPS) is 11.0. The summed E-state index contributed by atoms with van der Waals surface area (Å²) in [4.78, 5) is 14.1. The molecule has 0 spiro atoms. The number of carbonyl (C=O) groups is 1. The summed E-state index contributed by atoms with van der Waals surface area (Å²) in [7, 11) is 0. The van der Waals surface area contributed by atoms with Crippen LogP contribution in [0.2, 0.25) is 0 Å². The van der Waals surface area contributed by atoms with Crippen molar-refractivity contribution in [3.05, 3.63) is 47.2 Å². The third-order valence-corrected chi connectivity index (χ3v) is 3.40. The monoisotopic (exact) mass is 333 g/mol. The Morgan fingerprint density at radius 2 is 2.25 bits per heavy atom. The molecule has 0 aliphatic carbocycles. The van der Waals surface area contributed by atoms with Gasteiger partial charge in [0.25, 0.3) is 0 Å². The van der Waals surface area contributed by atoms with E-state index < -0.39 is 18.3 Å². The van der Waals surface area contributed by atoms with Gasteiger partial charge in [-0.05, 0) is 19.1 Å². The van der Waals surface area contributed by atoms with E-state index in [1.54, 1.807) is 25.1 Å². The van der Waals surface area contributed by atoms with Gasteiger partial charge in [-0.3, -0.25) is 4.79 Å². The zero-order valence-corrected chi connectivity index (χ0v) is 12.9. The van der Waals surface area contributed by atoms with Crippen LogP contribution in [0.3, 0.4) is 0 Å². The number of nitrogens with one attached hydrogen (secondary N) is 2. The van der Waals surface area contributed by atoms with Crippen LogP contribution in [0.1, 0.15) is 17.1 Å².